The summed E-state index contributed by atoms with van der Waals surface area (Å²) in [5, 5.41) is 0. The van der Waals surface area contributed by atoms with Crippen molar-refractivity contribution < 1.29 is 17.6 Å². The number of rotatable bonds is 4. The van der Waals surface area contributed by atoms with E-state index < -0.39 is 28.8 Å². The third kappa shape index (κ3) is 3.06. The summed E-state index contributed by atoms with van der Waals surface area (Å²) in [6.07, 6.45) is 5.27. The molecule has 0 spiro atoms. The maximum atomic E-state index is 14.9. The minimum absolute atomic E-state index is 0.360. The number of benzene rings is 2. The highest BCUT2D eigenvalue weighted by Crippen LogP contribution is 2.37. The largest absolute Gasteiger partial charge is 0.206 e. The van der Waals surface area contributed by atoms with Crippen LogP contribution in [0.4, 0.5) is 17.6 Å². The minimum Gasteiger partial charge on any atom is -0.206 e. The van der Waals surface area contributed by atoms with Gasteiger partial charge in [-0.2, -0.15) is 0 Å². The number of halogens is 4. The Morgan fingerprint density at radius 3 is 2.58 bits per heavy atom. The van der Waals surface area contributed by atoms with Gasteiger partial charge in [0.2, 0.25) is 0 Å². The van der Waals surface area contributed by atoms with E-state index in [-0.39, 0.29) is 5.56 Å². The molecule has 0 bridgehead atoms. The topological polar surface area (TPSA) is 0 Å². The molecule has 3 rings (SSSR count). The average Bonchev–Trinajstić information content (AvgIpc) is 2.56. The van der Waals surface area contributed by atoms with E-state index in [1.807, 2.05) is 0 Å². The van der Waals surface area contributed by atoms with E-state index in [0.717, 1.165) is 31.7 Å². The van der Waals surface area contributed by atoms with Gasteiger partial charge in [-0.1, -0.05) is 38.3 Å². The lowest BCUT2D eigenvalue weighted by Crippen LogP contribution is -2.17. The number of fused-ring (bicyclic) bond motifs is 1. The van der Waals surface area contributed by atoms with Gasteiger partial charge < -0.3 is 0 Å². The maximum Gasteiger partial charge on any atom is 0.166 e. The molecule has 128 valence electrons. The monoisotopic (exact) mass is 336 g/mol. The van der Waals surface area contributed by atoms with Crippen LogP contribution in [0, 0.1) is 29.2 Å². The number of unbranched alkanes of at least 4 members (excludes halogenated alkanes) is 1. The van der Waals surface area contributed by atoms with Crippen LogP contribution in [-0.4, -0.2) is 0 Å². The molecule has 0 heterocycles. The van der Waals surface area contributed by atoms with E-state index in [1.54, 1.807) is 0 Å². The van der Waals surface area contributed by atoms with E-state index in [9.17, 15) is 17.6 Å². The molecule has 0 amide bonds. The molecule has 2 aromatic carbocycles. The van der Waals surface area contributed by atoms with Gasteiger partial charge in [-0.3, -0.25) is 0 Å². The highest BCUT2D eigenvalue weighted by atomic mass is 19.2. The maximum absolute atomic E-state index is 14.9. The lowest BCUT2D eigenvalue weighted by molar-refractivity contribution is 0.403. The Morgan fingerprint density at radius 1 is 1.04 bits per heavy atom. The second kappa shape index (κ2) is 6.96. The third-order valence-corrected chi connectivity index (χ3v) is 4.91. The summed E-state index contributed by atoms with van der Waals surface area (Å²) in [4.78, 5) is 0. The minimum atomic E-state index is -1.22. The van der Waals surface area contributed by atoms with Gasteiger partial charge >= 0.3 is 0 Å². The molecule has 1 aliphatic carbocycles. The molecular formula is C20H20F4. The van der Waals surface area contributed by atoms with E-state index in [4.69, 9.17) is 0 Å². The summed E-state index contributed by atoms with van der Waals surface area (Å²) in [5.41, 5.74) is 0.291. The first kappa shape index (κ1) is 17.0. The Bertz CT molecular complexity index is 752. The van der Waals surface area contributed by atoms with Gasteiger partial charge in [-0.25, -0.2) is 17.6 Å². The summed E-state index contributed by atoms with van der Waals surface area (Å²) in [7, 11) is 0. The summed E-state index contributed by atoms with van der Waals surface area (Å²) >= 11 is 0. The first-order valence-electron chi connectivity index (χ1n) is 8.47. The standard InChI is InChI=1S/C20H20F4/c1-2-3-5-12-8-9-14-13(10-12)11-17(22)18(20(14)24)15-6-4-7-16(21)19(15)23/h4,6-7,11-12H,2-3,5,8-10H2,1H3. The van der Waals surface area contributed by atoms with Crippen molar-refractivity contribution in [1.29, 1.82) is 0 Å². The Kier molecular flexibility index (Phi) is 4.93. The fourth-order valence-corrected chi connectivity index (χ4v) is 3.61. The fraction of sp³-hybridized carbons (Fsp3) is 0.400. The molecule has 1 aliphatic rings. The summed E-state index contributed by atoms with van der Waals surface area (Å²) in [6, 6.07) is 4.70. The first-order chi connectivity index (χ1) is 11.5. The SMILES string of the molecule is CCCCC1CCc2c(cc(F)c(-c3cccc(F)c3F)c2F)C1. The normalized spacial score (nSPS) is 17.0. The van der Waals surface area contributed by atoms with Crippen LogP contribution in [0.1, 0.15) is 43.7 Å². The highest BCUT2D eigenvalue weighted by molar-refractivity contribution is 5.67. The van der Waals surface area contributed by atoms with Crippen LogP contribution >= 0.6 is 0 Å². The summed E-state index contributed by atoms with van der Waals surface area (Å²) in [5.74, 6) is -3.46. The molecule has 0 fully saturated rings. The van der Waals surface area contributed by atoms with Crippen LogP contribution < -0.4 is 0 Å². The van der Waals surface area contributed by atoms with Gasteiger partial charge in [0.25, 0.3) is 0 Å². The van der Waals surface area contributed by atoms with Crippen molar-refractivity contribution in [2.75, 3.05) is 0 Å². The first-order valence-corrected chi connectivity index (χ1v) is 8.47. The van der Waals surface area contributed by atoms with Crippen LogP contribution in [0.15, 0.2) is 24.3 Å². The zero-order valence-electron chi connectivity index (χ0n) is 13.6. The second-order valence-corrected chi connectivity index (χ2v) is 6.54. The molecule has 2 aromatic rings. The van der Waals surface area contributed by atoms with Crippen LogP contribution in [-0.2, 0) is 12.8 Å². The van der Waals surface area contributed by atoms with Gasteiger partial charge in [-0.15, -0.1) is 0 Å². The zero-order chi connectivity index (χ0) is 17.3. The van der Waals surface area contributed by atoms with E-state index in [0.29, 0.717) is 29.9 Å². The van der Waals surface area contributed by atoms with Gasteiger partial charge in [0.15, 0.2) is 11.6 Å². The number of hydrogen-bond donors (Lipinski definition) is 0. The van der Waals surface area contributed by atoms with Crippen LogP contribution in [0.5, 0.6) is 0 Å². The lowest BCUT2D eigenvalue weighted by Gasteiger charge is -2.26. The molecule has 0 N–H and O–H groups in total. The average molecular weight is 336 g/mol. The molecule has 1 unspecified atom stereocenters. The van der Waals surface area contributed by atoms with Crippen molar-refractivity contribution in [2.45, 2.75) is 45.4 Å². The predicted molar refractivity (Wildman–Crippen MR) is 86.8 cm³/mol. The highest BCUT2D eigenvalue weighted by Gasteiger charge is 2.27. The summed E-state index contributed by atoms with van der Waals surface area (Å²) < 4.78 is 56.7. The molecule has 0 nitrogen and oxygen atoms in total. The Hall–Kier alpha value is -1.84. The molecule has 24 heavy (non-hydrogen) atoms. The fourth-order valence-electron chi connectivity index (χ4n) is 3.61. The Morgan fingerprint density at radius 2 is 1.83 bits per heavy atom. The quantitative estimate of drug-likeness (QED) is 0.583. The van der Waals surface area contributed by atoms with Crippen molar-refractivity contribution in [3.8, 4) is 11.1 Å². The van der Waals surface area contributed by atoms with Crippen LogP contribution in [0.3, 0.4) is 0 Å². The van der Waals surface area contributed by atoms with E-state index >= 15 is 0 Å². The zero-order valence-corrected chi connectivity index (χ0v) is 13.6. The van der Waals surface area contributed by atoms with Crippen molar-refractivity contribution in [3.63, 3.8) is 0 Å². The molecular weight excluding hydrogens is 316 g/mol. The van der Waals surface area contributed by atoms with Gasteiger partial charge in [0.1, 0.15) is 11.6 Å². The van der Waals surface area contributed by atoms with E-state index in [1.165, 1.54) is 18.2 Å². The van der Waals surface area contributed by atoms with Crippen molar-refractivity contribution in [1.82, 2.24) is 0 Å². The number of hydrogen-bond acceptors (Lipinski definition) is 0. The lowest BCUT2D eigenvalue weighted by atomic mass is 9.80. The predicted octanol–water partition coefficient (Wildman–Crippen LogP) is 6.21. The molecule has 0 aromatic heterocycles. The van der Waals surface area contributed by atoms with Crippen LogP contribution in [0.25, 0.3) is 11.1 Å². The molecule has 0 saturated heterocycles. The van der Waals surface area contributed by atoms with Gasteiger partial charge in [0, 0.05) is 5.56 Å². The van der Waals surface area contributed by atoms with Crippen LogP contribution in [0.2, 0.25) is 0 Å². The second-order valence-electron chi connectivity index (χ2n) is 6.54. The molecule has 4 heteroatoms. The molecule has 0 radical (unpaired) electrons. The van der Waals surface area contributed by atoms with Crippen molar-refractivity contribution >= 4 is 0 Å². The Labute approximate surface area is 139 Å². The van der Waals surface area contributed by atoms with Gasteiger partial charge in [0.05, 0.1) is 5.56 Å². The molecule has 1 atom stereocenters. The molecule has 0 saturated carbocycles. The van der Waals surface area contributed by atoms with Crippen molar-refractivity contribution in [3.05, 3.63) is 58.7 Å². The third-order valence-electron chi connectivity index (χ3n) is 4.91. The van der Waals surface area contributed by atoms with E-state index in [2.05, 4.69) is 6.92 Å². The van der Waals surface area contributed by atoms with Gasteiger partial charge in [-0.05, 0) is 48.4 Å². The van der Waals surface area contributed by atoms with Crippen molar-refractivity contribution in [2.24, 2.45) is 5.92 Å². The molecule has 0 aliphatic heterocycles. The smallest absolute Gasteiger partial charge is 0.166 e. The summed E-state index contributed by atoms with van der Waals surface area (Å²) in [6.45, 7) is 2.12. The Balaban J connectivity index is 2.02.